The van der Waals surface area contributed by atoms with Crippen LogP contribution >= 0.6 is 0 Å². The van der Waals surface area contributed by atoms with Gasteiger partial charge < -0.3 is 4.74 Å². The molecule has 0 bridgehead atoms. The van der Waals surface area contributed by atoms with Gasteiger partial charge in [0.2, 0.25) is 0 Å². The first-order valence-corrected chi connectivity index (χ1v) is 4.28. The fraction of sp³-hybridized carbons (Fsp3) is 1.00. The minimum atomic E-state index is 0.449. The van der Waals surface area contributed by atoms with E-state index in [1.54, 1.807) is 7.11 Å². The van der Waals surface area contributed by atoms with Crippen LogP contribution in [-0.4, -0.2) is 13.2 Å². The van der Waals surface area contributed by atoms with E-state index in [4.69, 9.17) is 4.74 Å². The maximum Gasteiger partial charge on any atom is 0.0571 e. The summed E-state index contributed by atoms with van der Waals surface area (Å²) in [4.78, 5) is 0. The van der Waals surface area contributed by atoms with Gasteiger partial charge in [-0.15, -0.1) is 0 Å². The Hall–Kier alpha value is -0.0400. The summed E-state index contributed by atoms with van der Waals surface area (Å²) in [6.07, 6.45) is 4.74. The standard InChI is InChI=1S/C9H18O/c1-7(8(2)10-3)9-5-4-6-9/h7-9H,4-6H2,1-3H3. The van der Waals surface area contributed by atoms with E-state index in [2.05, 4.69) is 13.8 Å². The fourth-order valence-corrected chi connectivity index (χ4v) is 1.56. The smallest absolute Gasteiger partial charge is 0.0571 e. The maximum absolute atomic E-state index is 5.27. The summed E-state index contributed by atoms with van der Waals surface area (Å²) in [7, 11) is 1.81. The lowest BCUT2D eigenvalue weighted by Gasteiger charge is -2.34. The van der Waals surface area contributed by atoms with Gasteiger partial charge in [-0.05, 0) is 18.8 Å². The zero-order chi connectivity index (χ0) is 7.56. The number of hydrogen-bond acceptors (Lipinski definition) is 1. The Labute approximate surface area is 63.8 Å². The number of rotatable bonds is 3. The second-order valence-corrected chi connectivity index (χ2v) is 3.49. The highest BCUT2D eigenvalue weighted by atomic mass is 16.5. The highest BCUT2D eigenvalue weighted by Crippen LogP contribution is 2.35. The van der Waals surface area contributed by atoms with E-state index in [9.17, 15) is 0 Å². The molecule has 1 nitrogen and oxygen atoms in total. The first-order chi connectivity index (χ1) is 4.75. The van der Waals surface area contributed by atoms with Crippen molar-refractivity contribution in [3.63, 3.8) is 0 Å². The molecule has 60 valence electrons. The Kier molecular flexibility index (Phi) is 2.72. The molecule has 1 saturated carbocycles. The summed E-state index contributed by atoms with van der Waals surface area (Å²) in [5.74, 6) is 1.72. The fourth-order valence-electron chi connectivity index (χ4n) is 1.56. The molecule has 0 amide bonds. The average Bonchev–Trinajstić information content (AvgIpc) is 1.82. The third-order valence-electron chi connectivity index (χ3n) is 3.01. The van der Waals surface area contributed by atoms with Crippen LogP contribution in [0, 0.1) is 11.8 Å². The molecule has 1 rings (SSSR count). The minimum absolute atomic E-state index is 0.449. The zero-order valence-electron chi connectivity index (χ0n) is 7.26. The van der Waals surface area contributed by atoms with Gasteiger partial charge in [0.15, 0.2) is 0 Å². The third kappa shape index (κ3) is 1.51. The first kappa shape index (κ1) is 8.06. The van der Waals surface area contributed by atoms with E-state index in [-0.39, 0.29) is 0 Å². The summed E-state index contributed by atoms with van der Waals surface area (Å²) in [5.41, 5.74) is 0. The van der Waals surface area contributed by atoms with Crippen LogP contribution in [0.15, 0.2) is 0 Å². The summed E-state index contributed by atoms with van der Waals surface area (Å²) >= 11 is 0. The second-order valence-electron chi connectivity index (χ2n) is 3.49. The normalized spacial score (nSPS) is 25.5. The SMILES string of the molecule is COC(C)C(C)C1CCC1. The van der Waals surface area contributed by atoms with Crippen molar-refractivity contribution < 1.29 is 4.74 Å². The molecule has 0 N–H and O–H groups in total. The van der Waals surface area contributed by atoms with Crippen LogP contribution in [0.1, 0.15) is 33.1 Å². The molecule has 1 aliphatic carbocycles. The number of ether oxygens (including phenoxy) is 1. The first-order valence-electron chi connectivity index (χ1n) is 4.28. The van der Waals surface area contributed by atoms with E-state index in [1.165, 1.54) is 19.3 Å². The van der Waals surface area contributed by atoms with Gasteiger partial charge in [0, 0.05) is 7.11 Å². The van der Waals surface area contributed by atoms with Crippen molar-refractivity contribution in [1.82, 2.24) is 0 Å². The third-order valence-corrected chi connectivity index (χ3v) is 3.01. The van der Waals surface area contributed by atoms with Crippen molar-refractivity contribution in [3.8, 4) is 0 Å². The topological polar surface area (TPSA) is 9.23 Å². The molecule has 0 aromatic heterocycles. The zero-order valence-corrected chi connectivity index (χ0v) is 7.26. The number of hydrogen-bond donors (Lipinski definition) is 0. The van der Waals surface area contributed by atoms with Gasteiger partial charge in [-0.25, -0.2) is 0 Å². The van der Waals surface area contributed by atoms with Crippen LogP contribution in [0.25, 0.3) is 0 Å². The van der Waals surface area contributed by atoms with Gasteiger partial charge in [0.1, 0.15) is 0 Å². The molecule has 2 atom stereocenters. The molecule has 10 heavy (non-hydrogen) atoms. The largest absolute Gasteiger partial charge is 0.381 e. The summed E-state index contributed by atoms with van der Waals surface area (Å²) in [5, 5.41) is 0. The monoisotopic (exact) mass is 142 g/mol. The Morgan fingerprint density at radius 3 is 2.20 bits per heavy atom. The lowest BCUT2D eigenvalue weighted by Crippen LogP contribution is -2.28. The highest BCUT2D eigenvalue weighted by Gasteiger charge is 2.27. The lowest BCUT2D eigenvalue weighted by atomic mass is 9.75. The van der Waals surface area contributed by atoms with E-state index >= 15 is 0 Å². The van der Waals surface area contributed by atoms with Crippen molar-refractivity contribution in [1.29, 1.82) is 0 Å². The van der Waals surface area contributed by atoms with Gasteiger partial charge in [-0.2, -0.15) is 0 Å². The molecule has 0 spiro atoms. The van der Waals surface area contributed by atoms with Crippen LogP contribution in [0.5, 0.6) is 0 Å². The Bertz CT molecular complexity index is 92.1. The van der Waals surface area contributed by atoms with Crippen LogP contribution in [-0.2, 0) is 4.74 Å². The van der Waals surface area contributed by atoms with Crippen LogP contribution in [0.3, 0.4) is 0 Å². The molecule has 1 aliphatic rings. The second kappa shape index (κ2) is 3.38. The summed E-state index contributed by atoms with van der Waals surface area (Å²) in [6, 6.07) is 0. The predicted molar refractivity (Wildman–Crippen MR) is 43.0 cm³/mol. The molecule has 2 unspecified atom stereocenters. The van der Waals surface area contributed by atoms with Crippen LogP contribution in [0.2, 0.25) is 0 Å². The van der Waals surface area contributed by atoms with Crippen molar-refractivity contribution in [2.45, 2.75) is 39.2 Å². The molecule has 1 fully saturated rings. The Morgan fingerprint density at radius 2 is 1.90 bits per heavy atom. The average molecular weight is 142 g/mol. The van der Waals surface area contributed by atoms with Gasteiger partial charge in [0.25, 0.3) is 0 Å². The molecule has 0 saturated heterocycles. The molecule has 0 heterocycles. The summed E-state index contributed by atoms with van der Waals surface area (Å²) in [6.45, 7) is 4.47. The quantitative estimate of drug-likeness (QED) is 0.588. The molecule has 0 aromatic carbocycles. The Balaban J connectivity index is 2.24. The van der Waals surface area contributed by atoms with Gasteiger partial charge in [-0.1, -0.05) is 26.2 Å². The molecule has 0 aromatic rings. The number of methoxy groups -OCH3 is 1. The predicted octanol–water partition coefficient (Wildman–Crippen LogP) is 2.46. The van der Waals surface area contributed by atoms with Crippen molar-refractivity contribution in [3.05, 3.63) is 0 Å². The van der Waals surface area contributed by atoms with Crippen LogP contribution in [0.4, 0.5) is 0 Å². The Morgan fingerprint density at radius 1 is 1.30 bits per heavy atom. The van der Waals surface area contributed by atoms with Gasteiger partial charge in [0.05, 0.1) is 6.10 Å². The van der Waals surface area contributed by atoms with E-state index < -0.39 is 0 Å². The van der Waals surface area contributed by atoms with E-state index in [0.717, 1.165) is 11.8 Å². The van der Waals surface area contributed by atoms with Crippen molar-refractivity contribution in [2.24, 2.45) is 11.8 Å². The molecular formula is C9H18O. The molecular weight excluding hydrogens is 124 g/mol. The van der Waals surface area contributed by atoms with E-state index in [0.29, 0.717) is 6.10 Å². The van der Waals surface area contributed by atoms with E-state index in [1.807, 2.05) is 0 Å². The minimum Gasteiger partial charge on any atom is -0.381 e. The highest BCUT2D eigenvalue weighted by molar-refractivity contribution is 4.78. The lowest BCUT2D eigenvalue weighted by molar-refractivity contribution is 0.0283. The summed E-state index contributed by atoms with van der Waals surface area (Å²) < 4.78 is 5.27. The van der Waals surface area contributed by atoms with Crippen molar-refractivity contribution >= 4 is 0 Å². The van der Waals surface area contributed by atoms with Gasteiger partial charge >= 0.3 is 0 Å². The van der Waals surface area contributed by atoms with Gasteiger partial charge in [-0.3, -0.25) is 0 Å². The van der Waals surface area contributed by atoms with Crippen LogP contribution < -0.4 is 0 Å². The molecule has 0 aliphatic heterocycles. The maximum atomic E-state index is 5.27. The van der Waals surface area contributed by atoms with Crippen molar-refractivity contribution in [2.75, 3.05) is 7.11 Å². The molecule has 0 radical (unpaired) electrons. The molecule has 1 heteroatoms.